The number of fused-ring (bicyclic) bond motifs is 1. The summed E-state index contributed by atoms with van der Waals surface area (Å²) in [6, 6.07) is 3.94. The SMILES string of the molecule is O=Cc1nc2cc(F)ccc2n1CC1CCCN1C(=O)O. The monoisotopic (exact) mass is 291 g/mol. The maximum Gasteiger partial charge on any atom is 0.407 e. The predicted molar refractivity (Wildman–Crippen MR) is 72.8 cm³/mol. The molecule has 0 radical (unpaired) electrons. The van der Waals surface area contributed by atoms with Crippen LogP contribution in [0.4, 0.5) is 9.18 Å². The summed E-state index contributed by atoms with van der Waals surface area (Å²) in [5.41, 5.74) is 1.03. The first-order chi connectivity index (χ1) is 10.1. The van der Waals surface area contributed by atoms with Crippen LogP contribution in [0.5, 0.6) is 0 Å². The molecule has 1 aromatic heterocycles. The van der Waals surface area contributed by atoms with E-state index in [1.165, 1.54) is 17.0 Å². The summed E-state index contributed by atoms with van der Waals surface area (Å²) in [5.74, 6) is -0.231. The quantitative estimate of drug-likeness (QED) is 0.879. The van der Waals surface area contributed by atoms with Crippen molar-refractivity contribution in [3.8, 4) is 0 Å². The van der Waals surface area contributed by atoms with E-state index in [1.807, 2.05) is 0 Å². The van der Waals surface area contributed by atoms with Gasteiger partial charge in [-0.05, 0) is 25.0 Å². The Hall–Kier alpha value is -2.44. The Morgan fingerprint density at radius 1 is 1.52 bits per heavy atom. The number of carboxylic acid groups (broad SMARTS) is 1. The summed E-state index contributed by atoms with van der Waals surface area (Å²) >= 11 is 0. The van der Waals surface area contributed by atoms with Gasteiger partial charge in [-0.2, -0.15) is 0 Å². The van der Waals surface area contributed by atoms with Gasteiger partial charge in [-0.25, -0.2) is 14.2 Å². The summed E-state index contributed by atoms with van der Waals surface area (Å²) in [5, 5.41) is 9.17. The number of hydrogen-bond donors (Lipinski definition) is 1. The Morgan fingerprint density at radius 2 is 2.33 bits per heavy atom. The van der Waals surface area contributed by atoms with E-state index in [2.05, 4.69) is 4.98 Å². The molecule has 3 rings (SSSR count). The molecule has 0 saturated carbocycles. The van der Waals surface area contributed by atoms with Crippen LogP contribution in [-0.4, -0.2) is 44.5 Å². The van der Waals surface area contributed by atoms with Crippen LogP contribution in [0.1, 0.15) is 23.5 Å². The van der Waals surface area contributed by atoms with Crippen LogP contribution in [0.3, 0.4) is 0 Å². The van der Waals surface area contributed by atoms with Gasteiger partial charge in [0.25, 0.3) is 0 Å². The molecule has 1 unspecified atom stereocenters. The first-order valence-electron chi connectivity index (χ1n) is 6.70. The van der Waals surface area contributed by atoms with Crippen molar-refractivity contribution in [2.45, 2.75) is 25.4 Å². The van der Waals surface area contributed by atoms with Crippen LogP contribution in [0.25, 0.3) is 11.0 Å². The first-order valence-corrected chi connectivity index (χ1v) is 6.70. The lowest BCUT2D eigenvalue weighted by Gasteiger charge is -2.22. The van der Waals surface area contributed by atoms with Crippen molar-refractivity contribution < 1.29 is 19.1 Å². The van der Waals surface area contributed by atoms with Gasteiger partial charge in [0.05, 0.1) is 17.1 Å². The molecule has 1 saturated heterocycles. The van der Waals surface area contributed by atoms with Crippen molar-refractivity contribution in [2.75, 3.05) is 6.54 Å². The number of carbonyl (C=O) groups excluding carboxylic acids is 1. The lowest BCUT2D eigenvalue weighted by molar-refractivity contribution is 0.110. The van der Waals surface area contributed by atoms with Crippen molar-refractivity contribution >= 4 is 23.4 Å². The van der Waals surface area contributed by atoms with Crippen molar-refractivity contribution in [3.63, 3.8) is 0 Å². The number of nitrogens with zero attached hydrogens (tertiary/aromatic N) is 3. The second-order valence-electron chi connectivity index (χ2n) is 5.10. The normalized spacial score (nSPS) is 18.3. The van der Waals surface area contributed by atoms with Crippen LogP contribution >= 0.6 is 0 Å². The molecule has 1 aromatic carbocycles. The van der Waals surface area contributed by atoms with Crippen molar-refractivity contribution in [1.82, 2.24) is 14.5 Å². The molecule has 7 heteroatoms. The van der Waals surface area contributed by atoms with E-state index in [-0.39, 0.29) is 11.9 Å². The van der Waals surface area contributed by atoms with Crippen LogP contribution < -0.4 is 0 Å². The van der Waals surface area contributed by atoms with Gasteiger partial charge in [0.2, 0.25) is 0 Å². The number of halogens is 1. The summed E-state index contributed by atoms with van der Waals surface area (Å²) in [7, 11) is 0. The minimum absolute atomic E-state index is 0.188. The number of aldehydes is 1. The Bertz CT molecular complexity index is 713. The fourth-order valence-corrected chi connectivity index (χ4v) is 2.89. The summed E-state index contributed by atoms with van der Waals surface area (Å²) in [6.07, 6.45) is 1.19. The topological polar surface area (TPSA) is 75.4 Å². The first kappa shape index (κ1) is 13.5. The van der Waals surface area contributed by atoms with Gasteiger partial charge in [0.1, 0.15) is 5.82 Å². The third-order valence-electron chi connectivity index (χ3n) is 3.86. The van der Waals surface area contributed by atoms with Gasteiger partial charge in [-0.3, -0.25) is 4.79 Å². The molecule has 1 amide bonds. The highest BCUT2D eigenvalue weighted by atomic mass is 19.1. The van der Waals surface area contributed by atoms with E-state index in [1.54, 1.807) is 10.6 Å². The molecule has 1 fully saturated rings. The molecule has 1 aliphatic rings. The molecule has 0 spiro atoms. The van der Waals surface area contributed by atoms with Gasteiger partial charge >= 0.3 is 6.09 Å². The number of aromatic nitrogens is 2. The molecular formula is C14H14FN3O3. The Balaban J connectivity index is 1.99. The van der Waals surface area contributed by atoms with E-state index in [4.69, 9.17) is 0 Å². The Morgan fingerprint density at radius 3 is 3.05 bits per heavy atom. The molecule has 2 heterocycles. The molecule has 6 nitrogen and oxygen atoms in total. The van der Waals surface area contributed by atoms with Crippen molar-refractivity contribution in [2.24, 2.45) is 0 Å². The van der Waals surface area contributed by atoms with Gasteiger partial charge in [-0.15, -0.1) is 0 Å². The highest BCUT2D eigenvalue weighted by Crippen LogP contribution is 2.23. The number of amides is 1. The number of carbonyl (C=O) groups is 2. The minimum Gasteiger partial charge on any atom is -0.465 e. The summed E-state index contributed by atoms with van der Waals surface area (Å²) < 4.78 is 14.9. The van der Waals surface area contributed by atoms with E-state index in [0.717, 1.165) is 12.8 Å². The van der Waals surface area contributed by atoms with Gasteiger partial charge in [-0.1, -0.05) is 0 Å². The van der Waals surface area contributed by atoms with E-state index in [0.29, 0.717) is 30.4 Å². The van der Waals surface area contributed by atoms with Gasteiger partial charge in [0, 0.05) is 19.2 Å². The number of rotatable bonds is 3. The molecular weight excluding hydrogens is 277 g/mol. The van der Waals surface area contributed by atoms with Crippen LogP contribution in [-0.2, 0) is 6.54 Å². The van der Waals surface area contributed by atoms with E-state index in [9.17, 15) is 19.1 Å². The van der Waals surface area contributed by atoms with E-state index >= 15 is 0 Å². The minimum atomic E-state index is -0.958. The molecule has 21 heavy (non-hydrogen) atoms. The maximum atomic E-state index is 13.2. The number of hydrogen-bond acceptors (Lipinski definition) is 3. The fourth-order valence-electron chi connectivity index (χ4n) is 2.89. The van der Waals surface area contributed by atoms with Gasteiger partial charge < -0.3 is 14.6 Å². The molecule has 0 aliphatic carbocycles. The van der Waals surface area contributed by atoms with Crippen LogP contribution in [0, 0.1) is 5.82 Å². The van der Waals surface area contributed by atoms with Crippen LogP contribution in [0.15, 0.2) is 18.2 Å². The standard InChI is InChI=1S/C14H14FN3O3/c15-9-3-4-12-11(6-9)16-13(8-19)18(12)7-10-2-1-5-17(10)14(20)21/h3-4,6,8,10H,1-2,5,7H2,(H,20,21). The lowest BCUT2D eigenvalue weighted by atomic mass is 10.2. The van der Waals surface area contributed by atoms with Crippen molar-refractivity contribution in [3.05, 3.63) is 29.8 Å². The molecule has 1 aliphatic heterocycles. The average Bonchev–Trinajstić information content (AvgIpc) is 3.03. The summed E-state index contributed by atoms with van der Waals surface area (Å²) in [6.45, 7) is 0.847. The zero-order valence-electron chi connectivity index (χ0n) is 11.2. The average molecular weight is 291 g/mol. The largest absolute Gasteiger partial charge is 0.465 e. The lowest BCUT2D eigenvalue weighted by Crippen LogP contribution is -2.37. The van der Waals surface area contributed by atoms with Crippen molar-refractivity contribution in [1.29, 1.82) is 0 Å². The molecule has 1 N–H and O–H groups in total. The highest BCUT2D eigenvalue weighted by Gasteiger charge is 2.29. The predicted octanol–water partition coefficient (Wildman–Crippen LogP) is 2.13. The molecule has 1 atom stereocenters. The Labute approximate surface area is 119 Å². The second kappa shape index (κ2) is 5.16. The van der Waals surface area contributed by atoms with E-state index < -0.39 is 11.9 Å². The fraction of sp³-hybridized carbons (Fsp3) is 0.357. The number of likely N-dealkylation sites (tertiary alicyclic amines) is 1. The zero-order chi connectivity index (χ0) is 15.0. The highest BCUT2D eigenvalue weighted by molar-refractivity contribution is 5.83. The third-order valence-corrected chi connectivity index (χ3v) is 3.86. The molecule has 2 aromatic rings. The third kappa shape index (κ3) is 2.35. The number of imidazole rings is 1. The Kier molecular flexibility index (Phi) is 3.32. The second-order valence-corrected chi connectivity index (χ2v) is 5.10. The summed E-state index contributed by atoms with van der Waals surface area (Å²) in [4.78, 5) is 27.8. The maximum absolute atomic E-state index is 13.2. The zero-order valence-corrected chi connectivity index (χ0v) is 11.2. The number of benzene rings is 1. The molecule has 0 bridgehead atoms. The van der Waals surface area contributed by atoms with Crippen LogP contribution in [0.2, 0.25) is 0 Å². The smallest absolute Gasteiger partial charge is 0.407 e. The van der Waals surface area contributed by atoms with Gasteiger partial charge in [0.15, 0.2) is 12.1 Å². The molecule has 110 valence electrons.